The van der Waals surface area contributed by atoms with E-state index in [9.17, 15) is 17.6 Å². The minimum absolute atomic E-state index is 0.0443. The van der Waals surface area contributed by atoms with Crippen LogP contribution in [0.15, 0.2) is 65.0 Å². The Bertz CT molecular complexity index is 1370. The van der Waals surface area contributed by atoms with E-state index in [1.54, 1.807) is 12.1 Å². The number of hydrogen-bond acceptors (Lipinski definition) is 8. The summed E-state index contributed by atoms with van der Waals surface area (Å²) in [5.41, 5.74) is 1.91. The summed E-state index contributed by atoms with van der Waals surface area (Å²) in [7, 11) is -3.05. The first-order valence-corrected chi connectivity index (χ1v) is 13.9. The van der Waals surface area contributed by atoms with Crippen molar-refractivity contribution < 1.29 is 27.1 Å². The molecule has 0 radical (unpaired) electrons. The Morgan fingerprint density at radius 1 is 1.22 bits per heavy atom. The van der Waals surface area contributed by atoms with Crippen molar-refractivity contribution in [2.75, 3.05) is 37.7 Å². The molecule has 5 bridgehead atoms. The van der Waals surface area contributed by atoms with Crippen LogP contribution in [0.1, 0.15) is 35.0 Å². The number of carbonyl (C=O) groups is 1. The van der Waals surface area contributed by atoms with Crippen molar-refractivity contribution in [2.24, 2.45) is 0 Å². The van der Waals surface area contributed by atoms with Gasteiger partial charge in [-0.05, 0) is 61.4 Å². The lowest BCUT2D eigenvalue weighted by Crippen LogP contribution is -2.37. The van der Waals surface area contributed by atoms with Crippen LogP contribution in [0.25, 0.3) is 0 Å². The van der Waals surface area contributed by atoms with Crippen molar-refractivity contribution in [3.63, 3.8) is 0 Å². The maximum absolute atomic E-state index is 14.2. The maximum atomic E-state index is 14.2. The van der Waals surface area contributed by atoms with Gasteiger partial charge in [-0.25, -0.2) is 21.9 Å². The topological polar surface area (TPSA) is 79.4 Å². The van der Waals surface area contributed by atoms with E-state index in [0.717, 1.165) is 40.7 Å². The van der Waals surface area contributed by atoms with Crippen molar-refractivity contribution in [1.82, 2.24) is 9.21 Å². The van der Waals surface area contributed by atoms with Crippen molar-refractivity contribution in [2.45, 2.75) is 24.0 Å². The Kier molecular flexibility index (Phi) is 6.48. The van der Waals surface area contributed by atoms with Crippen LogP contribution in [0.3, 0.4) is 0 Å². The number of nitrogens with zero attached hydrogens (tertiary/aromatic N) is 3. The average molecular weight is 532 g/mol. The van der Waals surface area contributed by atoms with Crippen LogP contribution >= 0.6 is 11.9 Å². The second-order valence-electron chi connectivity index (χ2n) is 8.45. The number of fused-ring (bicyclic) bond motifs is 2. The molecule has 6 rings (SSSR count). The lowest BCUT2D eigenvalue weighted by atomic mass is 9.97. The molecule has 1 unspecified atom stereocenters. The van der Waals surface area contributed by atoms with Crippen LogP contribution in [0.2, 0.25) is 0 Å². The van der Waals surface area contributed by atoms with E-state index in [1.807, 2.05) is 30.4 Å². The minimum Gasteiger partial charge on any atom is -0.488 e. The number of sulfonamides is 1. The van der Waals surface area contributed by atoms with Crippen LogP contribution in [-0.4, -0.2) is 56.9 Å². The fourth-order valence-electron chi connectivity index (χ4n) is 4.54. The van der Waals surface area contributed by atoms with E-state index < -0.39 is 21.8 Å². The number of benzene rings is 2. The highest BCUT2D eigenvalue weighted by Crippen LogP contribution is 2.56. The number of likely N-dealkylation sites (N-methyl/N-ethyl adjacent to an activating group) is 1. The van der Waals surface area contributed by atoms with Gasteiger partial charge in [-0.3, -0.25) is 4.31 Å². The fraction of sp³-hybridized carbons (Fsp3) is 0.320. The van der Waals surface area contributed by atoms with Crippen LogP contribution in [-0.2, 0) is 14.8 Å². The molecule has 0 aromatic heterocycles. The molecule has 4 aliphatic rings. The van der Waals surface area contributed by atoms with Crippen molar-refractivity contribution in [3.8, 4) is 5.75 Å². The quantitative estimate of drug-likeness (QED) is 0.387. The zero-order valence-corrected chi connectivity index (χ0v) is 21.7. The summed E-state index contributed by atoms with van der Waals surface area (Å²) in [6, 6.07) is 8.05. The Morgan fingerprint density at radius 2 is 1.94 bits per heavy atom. The summed E-state index contributed by atoms with van der Waals surface area (Å²) in [6.45, 7) is 6.39. The Hall–Kier alpha value is -3.02. The van der Waals surface area contributed by atoms with Gasteiger partial charge in [0.25, 0.3) is 10.0 Å². The van der Waals surface area contributed by atoms with Gasteiger partial charge in [0, 0.05) is 23.9 Å². The molecule has 4 aliphatic heterocycles. The molecule has 0 aliphatic carbocycles. The molecule has 11 heteroatoms. The van der Waals surface area contributed by atoms with Gasteiger partial charge >= 0.3 is 5.97 Å². The summed E-state index contributed by atoms with van der Waals surface area (Å²) < 4.78 is 56.2. The fourth-order valence-corrected chi connectivity index (χ4v) is 7.35. The zero-order chi connectivity index (χ0) is 25.6. The Morgan fingerprint density at radius 3 is 2.61 bits per heavy atom. The predicted molar refractivity (Wildman–Crippen MR) is 135 cm³/mol. The minimum atomic E-state index is -4.30. The van der Waals surface area contributed by atoms with Gasteiger partial charge in [-0.2, -0.15) is 0 Å². The third-order valence-electron chi connectivity index (χ3n) is 6.49. The smallest absolute Gasteiger partial charge is 0.343 e. The summed E-state index contributed by atoms with van der Waals surface area (Å²) in [5, 5.41) is -0.128. The predicted octanol–water partition coefficient (Wildman–Crippen LogP) is 4.29. The molecule has 4 heterocycles. The largest absolute Gasteiger partial charge is 0.488 e. The summed E-state index contributed by atoms with van der Waals surface area (Å²) in [6.07, 6.45) is 3.74. The number of rotatable bonds is 7. The molecule has 0 amide bonds. The van der Waals surface area contributed by atoms with Gasteiger partial charge in [0.05, 0.1) is 22.9 Å². The molecule has 190 valence electrons. The molecule has 36 heavy (non-hydrogen) atoms. The number of methoxy groups -OCH3 is 1. The Labute approximate surface area is 214 Å². The third-order valence-corrected chi connectivity index (χ3v) is 9.51. The van der Waals surface area contributed by atoms with E-state index in [4.69, 9.17) is 9.47 Å². The normalized spacial score (nSPS) is 19.3. The van der Waals surface area contributed by atoms with Gasteiger partial charge in [-0.15, -0.1) is 0 Å². The first-order chi connectivity index (χ1) is 17.3. The highest BCUT2D eigenvalue weighted by molar-refractivity contribution is 7.98. The van der Waals surface area contributed by atoms with Crippen molar-refractivity contribution in [3.05, 3.63) is 77.0 Å². The van der Waals surface area contributed by atoms with Crippen LogP contribution in [0.4, 0.5) is 10.1 Å². The highest BCUT2D eigenvalue weighted by atomic mass is 32.2. The number of ether oxygens (including phenoxy) is 2. The molecule has 1 atom stereocenters. The first-order valence-electron chi connectivity index (χ1n) is 11.6. The molecule has 2 aromatic carbocycles. The summed E-state index contributed by atoms with van der Waals surface area (Å²) in [4.78, 5) is 15.1. The molecular formula is C25H26FN3O5S2. The average Bonchev–Trinajstić information content (AvgIpc) is 3.34. The van der Waals surface area contributed by atoms with E-state index in [2.05, 4.69) is 4.90 Å². The van der Waals surface area contributed by atoms with Gasteiger partial charge in [0.2, 0.25) is 0 Å². The lowest BCUT2D eigenvalue weighted by molar-refractivity contribution is 0.0596. The van der Waals surface area contributed by atoms with Crippen LogP contribution in [0, 0.1) is 5.82 Å². The number of anilines is 1. The molecule has 0 fully saturated rings. The van der Waals surface area contributed by atoms with Crippen LogP contribution in [0.5, 0.6) is 5.75 Å². The third kappa shape index (κ3) is 3.95. The molecule has 0 saturated carbocycles. The number of halogens is 1. The zero-order valence-electron chi connectivity index (χ0n) is 20.1. The summed E-state index contributed by atoms with van der Waals surface area (Å²) in [5.74, 6) is -0.567. The highest BCUT2D eigenvalue weighted by Gasteiger charge is 2.44. The molecule has 0 N–H and O–H groups in total. The second kappa shape index (κ2) is 9.45. The monoisotopic (exact) mass is 531 g/mol. The molecule has 2 aromatic rings. The number of carbonyl (C=O) groups excluding carboxylic acids is 1. The molecule has 0 spiro atoms. The van der Waals surface area contributed by atoms with E-state index in [0.29, 0.717) is 18.1 Å². The van der Waals surface area contributed by atoms with E-state index in [1.165, 1.54) is 31.2 Å². The van der Waals surface area contributed by atoms with Crippen molar-refractivity contribution in [1.29, 1.82) is 0 Å². The first kappa shape index (κ1) is 24.7. The number of esters is 1. The standard InChI is InChI=1S/C25H26FN3O5S2/c1-4-27(5-2)13-12-21-28-14-16-15-34-23-19(24(16)35-28)10-11-20(22(23)25(30)33-3)29(21)36(31,32)18-8-6-17(26)7-9-18/h6-12,14,24H,4-5,13,15H2,1-3H3/b21-12-. The Balaban J connectivity index is 1.81. The second-order valence-corrected chi connectivity index (χ2v) is 11.3. The maximum Gasteiger partial charge on any atom is 0.343 e. The van der Waals surface area contributed by atoms with E-state index in [-0.39, 0.29) is 28.0 Å². The van der Waals surface area contributed by atoms with Gasteiger partial charge in [0.1, 0.15) is 29.6 Å². The van der Waals surface area contributed by atoms with E-state index >= 15 is 0 Å². The SMILES string of the molecule is CCN(CC)C/C=C1/N2C=C3COc4c(ccc(c4C(=O)OC)N1S(=O)(=O)c1ccc(F)cc1)C3S2. The van der Waals surface area contributed by atoms with Gasteiger partial charge in [0.15, 0.2) is 0 Å². The lowest BCUT2D eigenvalue weighted by Gasteiger charge is -2.33. The summed E-state index contributed by atoms with van der Waals surface area (Å²) >= 11 is 1.46. The molecular weight excluding hydrogens is 505 g/mol. The number of hydrogen-bond donors (Lipinski definition) is 0. The van der Waals surface area contributed by atoms with Crippen LogP contribution < -0.4 is 9.04 Å². The molecule has 0 saturated heterocycles. The van der Waals surface area contributed by atoms with Crippen molar-refractivity contribution >= 4 is 33.6 Å². The van der Waals surface area contributed by atoms with Gasteiger partial charge < -0.3 is 14.4 Å². The van der Waals surface area contributed by atoms with Gasteiger partial charge in [-0.1, -0.05) is 19.9 Å². The molecule has 8 nitrogen and oxygen atoms in total.